The lowest BCUT2D eigenvalue weighted by Gasteiger charge is -2.03. The molecule has 0 spiro atoms. The van der Waals surface area contributed by atoms with Crippen LogP contribution in [0.1, 0.15) is 32.0 Å². The van der Waals surface area contributed by atoms with Gasteiger partial charge in [-0.2, -0.15) is 4.98 Å². The Kier molecular flexibility index (Phi) is 3.14. The van der Waals surface area contributed by atoms with Gasteiger partial charge in [0.15, 0.2) is 5.82 Å². The molecule has 1 aromatic heterocycles. The van der Waals surface area contributed by atoms with Gasteiger partial charge in [-0.15, -0.1) is 0 Å². The lowest BCUT2D eigenvalue weighted by Crippen LogP contribution is -1.93. The number of benzene rings is 2. The molecule has 1 atom stereocenters. The smallest absolute Gasteiger partial charge is 0.261 e. The van der Waals surface area contributed by atoms with Gasteiger partial charge in [0, 0.05) is 5.92 Å². The fraction of sp³-hybridized carbons (Fsp3) is 0.250. The van der Waals surface area contributed by atoms with E-state index in [1.54, 1.807) is 6.07 Å². The molecule has 1 heterocycles. The zero-order valence-electron chi connectivity index (χ0n) is 11.5. The maximum atomic E-state index is 10.1. The van der Waals surface area contributed by atoms with E-state index in [4.69, 9.17) is 4.52 Å². The first-order valence-corrected chi connectivity index (χ1v) is 6.74. The molecule has 1 N–H and O–H groups in total. The van der Waals surface area contributed by atoms with Gasteiger partial charge in [-0.3, -0.25) is 0 Å². The summed E-state index contributed by atoms with van der Waals surface area (Å²) in [6, 6.07) is 11.4. The third kappa shape index (κ3) is 2.13. The number of hydrogen-bond acceptors (Lipinski definition) is 4. The van der Waals surface area contributed by atoms with Gasteiger partial charge >= 0.3 is 0 Å². The predicted molar refractivity (Wildman–Crippen MR) is 77.6 cm³/mol. The fourth-order valence-electron chi connectivity index (χ4n) is 2.13. The molecular formula is C16H16N2O2. The van der Waals surface area contributed by atoms with Crippen molar-refractivity contribution in [1.82, 2.24) is 10.1 Å². The van der Waals surface area contributed by atoms with Crippen LogP contribution in [0.3, 0.4) is 0 Å². The Balaban J connectivity index is 2.09. The quantitative estimate of drug-likeness (QED) is 0.776. The van der Waals surface area contributed by atoms with Crippen LogP contribution in [0, 0.1) is 0 Å². The standard InChI is InChI=1S/C16H16N2O2/c1-3-10(2)15-17-16(20-18-15)13-8-11-6-4-5-7-12(11)9-14(13)19/h4-10,19H,3H2,1-2H3. The minimum atomic E-state index is 0.156. The Morgan fingerprint density at radius 3 is 2.60 bits per heavy atom. The number of rotatable bonds is 3. The average Bonchev–Trinajstić information content (AvgIpc) is 2.95. The first-order valence-electron chi connectivity index (χ1n) is 6.74. The van der Waals surface area contributed by atoms with E-state index in [0.29, 0.717) is 17.3 Å². The monoisotopic (exact) mass is 268 g/mol. The minimum absolute atomic E-state index is 0.156. The molecule has 3 rings (SSSR count). The summed E-state index contributed by atoms with van der Waals surface area (Å²) in [6.45, 7) is 4.13. The second kappa shape index (κ2) is 4.96. The second-order valence-corrected chi connectivity index (χ2v) is 4.98. The number of fused-ring (bicyclic) bond motifs is 1. The van der Waals surface area contributed by atoms with E-state index in [2.05, 4.69) is 24.0 Å². The molecule has 0 saturated heterocycles. The highest BCUT2D eigenvalue weighted by atomic mass is 16.5. The van der Waals surface area contributed by atoms with Gasteiger partial charge in [0.25, 0.3) is 5.89 Å². The number of phenolic OH excluding ortho intramolecular Hbond substituents is 1. The normalized spacial score (nSPS) is 12.7. The van der Waals surface area contributed by atoms with Crippen LogP contribution in [0.15, 0.2) is 40.9 Å². The van der Waals surface area contributed by atoms with Crippen molar-refractivity contribution in [2.24, 2.45) is 0 Å². The fourth-order valence-corrected chi connectivity index (χ4v) is 2.13. The third-order valence-corrected chi connectivity index (χ3v) is 3.59. The van der Waals surface area contributed by atoms with Crippen LogP contribution in [-0.2, 0) is 0 Å². The zero-order chi connectivity index (χ0) is 14.1. The first-order chi connectivity index (χ1) is 9.69. The zero-order valence-corrected chi connectivity index (χ0v) is 11.5. The Hall–Kier alpha value is -2.36. The van der Waals surface area contributed by atoms with Crippen molar-refractivity contribution in [1.29, 1.82) is 0 Å². The highest BCUT2D eigenvalue weighted by Crippen LogP contribution is 2.33. The number of aromatic hydroxyl groups is 1. The van der Waals surface area contributed by atoms with Crippen molar-refractivity contribution in [2.45, 2.75) is 26.2 Å². The SMILES string of the molecule is CCC(C)c1noc(-c2cc3ccccc3cc2O)n1. The van der Waals surface area contributed by atoms with E-state index < -0.39 is 0 Å². The van der Waals surface area contributed by atoms with Gasteiger partial charge in [-0.1, -0.05) is 43.3 Å². The van der Waals surface area contributed by atoms with Gasteiger partial charge in [-0.05, 0) is 29.3 Å². The summed E-state index contributed by atoms with van der Waals surface area (Å²) in [7, 11) is 0. The lowest BCUT2D eigenvalue weighted by molar-refractivity contribution is 0.412. The Morgan fingerprint density at radius 2 is 1.90 bits per heavy atom. The molecule has 0 aliphatic rings. The summed E-state index contributed by atoms with van der Waals surface area (Å²) in [5, 5.41) is 16.1. The highest BCUT2D eigenvalue weighted by molar-refractivity contribution is 5.89. The van der Waals surface area contributed by atoms with Crippen LogP contribution in [0.25, 0.3) is 22.2 Å². The molecule has 4 nitrogen and oxygen atoms in total. The molecule has 1 unspecified atom stereocenters. The highest BCUT2D eigenvalue weighted by Gasteiger charge is 2.16. The number of nitrogens with zero attached hydrogens (tertiary/aromatic N) is 2. The molecule has 20 heavy (non-hydrogen) atoms. The molecule has 0 fully saturated rings. The largest absolute Gasteiger partial charge is 0.507 e. The van der Waals surface area contributed by atoms with E-state index in [-0.39, 0.29) is 11.7 Å². The average molecular weight is 268 g/mol. The molecule has 0 amide bonds. The molecule has 2 aromatic carbocycles. The Bertz CT molecular complexity index is 749. The van der Waals surface area contributed by atoms with Crippen molar-refractivity contribution in [2.75, 3.05) is 0 Å². The van der Waals surface area contributed by atoms with Crippen molar-refractivity contribution >= 4 is 10.8 Å². The van der Waals surface area contributed by atoms with E-state index >= 15 is 0 Å². The second-order valence-electron chi connectivity index (χ2n) is 4.98. The van der Waals surface area contributed by atoms with Crippen LogP contribution in [-0.4, -0.2) is 15.2 Å². The summed E-state index contributed by atoms with van der Waals surface area (Å²) in [6.07, 6.45) is 0.947. The lowest BCUT2D eigenvalue weighted by atomic mass is 10.1. The molecule has 3 aromatic rings. The molecule has 4 heteroatoms. The molecule has 0 saturated carbocycles. The van der Waals surface area contributed by atoms with Gasteiger partial charge < -0.3 is 9.63 Å². The van der Waals surface area contributed by atoms with Gasteiger partial charge in [0.2, 0.25) is 0 Å². The molecule has 102 valence electrons. The summed E-state index contributed by atoms with van der Waals surface area (Å²) in [5.41, 5.74) is 0.575. The summed E-state index contributed by atoms with van der Waals surface area (Å²) in [5.74, 6) is 1.44. The predicted octanol–water partition coefficient (Wildman–Crippen LogP) is 4.11. The van der Waals surface area contributed by atoms with E-state index in [9.17, 15) is 5.11 Å². The van der Waals surface area contributed by atoms with Crippen LogP contribution in [0.5, 0.6) is 5.75 Å². The molecular weight excluding hydrogens is 252 g/mol. The number of hydrogen-bond donors (Lipinski definition) is 1. The Labute approximate surface area is 117 Å². The summed E-state index contributed by atoms with van der Waals surface area (Å²) >= 11 is 0. The molecule has 0 aliphatic heterocycles. The van der Waals surface area contributed by atoms with E-state index in [0.717, 1.165) is 17.2 Å². The van der Waals surface area contributed by atoms with Crippen molar-refractivity contribution < 1.29 is 9.63 Å². The van der Waals surface area contributed by atoms with Crippen LogP contribution >= 0.6 is 0 Å². The summed E-state index contributed by atoms with van der Waals surface area (Å²) in [4.78, 5) is 4.38. The first kappa shape index (κ1) is 12.7. The summed E-state index contributed by atoms with van der Waals surface area (Å²) < 4.78 is 5.28. The van der Waals surface area contributed by atoms with Crippen molar-refractivity contribution in [3.05, 3.63) is 42.2 Å². The minimum Gasteiger partial charge on any atom is -0.507 e. The van der Waals surface area contributed by atoms with Crippen molar-refractivity contribution in [3.8, 4) is 17.2 Å². The van der Waals surface area contributed by atoms with Gasteiger partial charge in [0.1, 0.15) is 5.75 Å². The van der Waals surface area contributed by atoms with Crippen LogP contribution in [0.2, 0.25) is 0 Å². The van der Waals surface area contributed by atoms with Gasteiger partial charge in [-0.25, -0.2) is 0 Å². The number of phenols is 1. The third-order valence-electron chi connectivity index (χ3n) is 3.59. The van der Waals surface area contributed by atoms with E-state index in [1.807, 2.05) is 30.3 Å². The van der Waals surface area contributed by atoms with E-state index in [1.165, 1.54) is 0 Å². The number of aromatic nitrogens is 2. The Morgan fingerprint density at radius 1 is 1.20 bits per heavy atom. The topological polar surface area (TPSA) is 59.2 Å². The van der Waals surface area contributed by atoms with Gasteiger partial charge in [0.05, 0.1) is 5.56 Å². The maximum Gasteiger partial charge on any atom is 0.261 e. The van der Waals surface area contributed by atoms with Crippen LogP contribution < -0.4 is 0 Å². The van der Waals surface area contributed by atoms with Crippen LogP contribution in [0.4, 0.5) is 0 Å². The molecule has 0 aliphatic carbocycles. The molecule has 0 bridgehead atoms. The molecule has 0 radical (unpaired) electrons. The maximum absolute atomic E-state index is 10.1. The van der Waals surface area contributed by atoms with Crippen molar-refractivity contribution in [3.63, 3.8) is 0 Å².